The second-order valence-corrected chi connectivity index (χ2v) is 6.93. The lowest BCUT2D eigenvalue weighted by atomic mass is 10.0. The zero-order valence-electron chi connectivity index (χ0n) is 16.5. The number of hydrogen-bond acceptors (Lipinski definition) is 5. The van der Waals surface area contributed by atoms with Crippen molar-refractivity contribution >= 4 is 16.5 Å². The summed E-state index contributed by atoms with van der Waals surface area (Å²) < 4.78 is 11.4. The van der Waals surface area contributed by atoms with Gasteiger partial charge >= 0.3 is 0 Å². The van der Waals surface area contributed by atoms with Gasteiger partial charge in [0.05, 0.1) is 19.2 Å². The van der Waals surface area contributed by atoms with E-state index < -0.39 is 0 Å². The monoisotopic (exact) mass is 387 g/mol. The molecule has 4 rings (SSSR count). The van der Waals surface area contributed by atoms with Crippen molar-refractivity contribution in [1.82, 2.24) is 9.88 Å². The normalized spacial score (nSPS) is 13.4. The van der Waals surface area contributed by atoms with Crippen LogP contribution in [0.3, 0.4) is 0 Å². The van der Waals surface area contributed by atoms with Crippen molar-refractivity contribution < 1.29 is 9.47 Å². The number of aromatic nitrogens is 1. The Bertz CT molecular complexity index is 1060. The second-order valence-electron chi connectivity index (χ2n) is 6.93. The van der Waals surface area contributed by atoms with E-state index in [2.05, 4.69) is 52.5 Å². The van der Waals surface area contributed by atoms with Gasteiger partial charge in [0.15, 0.2) is 0 Å². The van der Waals surface area contributed by atoms with Gasteiger partial charge in [-0.3, -0.25) is 4.98 Å². The number of pyridine rings is 1. The molecule has 0 saturated carbocycles. The number of methoxy groups -OCH3 is 1. The Balaban J connectivity index is 1.42. The van der Waals surface area contributed by atoms with E-state index >= 15 is 0 Å². The molecule has 5 nitrogen and oxygen atoms in total. The van der Waals surface area contributed by atoms with Crippen LogP contribution in [0.15, 0.2) is 73.1 Å². The summed E-state index contributed by atoms with van der Waals surface area (Å²) >= 11 is 0. The van der Waals surface area contributed by atoms with E-state index in [1.165, 1.54) is 11.1 Å². The minimum absolute atomic E-state index is 0.550. The lowest BCUT2D eigenvalue weighted by Gasteiger charge is -2.23. The first kappa shape index (κ1) is 19.0. The Hall–Kier alpha value is -3.31. The number of allylic oxidation sites excluding steroid dienone is 2. The molecule has 0 fully saturated rings. The summed E-state index contributed by atoms with van der Waals surface area (Å²) in [4.78, 5) is 6.67. The first-order valence-electron chi connectivity index (χ1n) is 9.74. The van der Waals surface area contributed by atoms with Gasteiger partial charge in [-0.15, -0.1) is 0 Å². The number of rotatable bonds is 7. The van der Waals surface area contributed by atoms with E-state index in [1.54, 1.807) is 13.3 Å². The van der Waals surface area contributed by atoms with Gasteiger partial charge in [0.1, 0.15) is 18.1 Å². The first-order chi connectivity index (χ1) is 14.3. The van der Waals surface area contributed by atoms with Crippen LogP contribution in [0.5, 0.6) is 11.5 Å². The van der Waals surface area contributed by atoms with Crippen LogP contribution in [0.2, 0.25) is 0 Å². The molecular formula is C24H25N3O2. The van der Waals surface area contributed by atoms with Gasteiger partial charge in [-0.05, 0) is 41.0 Å². The Morgan fingerprint density at radius 2 is 2.07 bits per heavy atom. The molecule has 1 aliphatic heterocycles. The third-order valence-electron chi connectivity index (χ3n) is 5.00. The van der Waals surface area contributed by atoms with E-state index in [4.69, 9.17) is 15.2 Å². The maximum Gasteiger partial charge on any atom is 0.130 e. The van der Waals surface area contributed by atoms with Crippen molar-refractivity contribution in [3.8, 4) is 11.5 Å². The Kier molecular flexibility index (Phi) is 5.77. The molecule has 2 aromatic carbocycles. The van der Waals surface area contributed by atoms with Gasteiger partial charge in [0, 0.05) is 36.9 Å². The summed E-state index contributed by atoms with van der Waals surface area (Å²) in [5.74, 6) is 1.63. The van der Waals surface area contributed by atoms with Gasteiger partial charge < -0.3 is 20.1 Å². The molecule has 2 N–H and O–H groups in total. The van der Waals surface area contributed by atoms with Crippen LogP contribution < -0.4 is 15.2 Å². The second kappa shape index (κ2) is 8.80. The third kappa shape index (κ3) is 4.41. The first-order valence-corrected chi connectivity index (χ1v) is 9.74. The summed E-state index contributed by atoms with van der Waals surface area (Å²) in [5.41, 5.74) is 10.2. The maximum absolute atomic E-state index is 6.08. The summed E-state index contributed by atoms with van der Waals surface area (Å²) in [6, 6.07) is 16.1. The molecule has 0 spiro atoms. The van der Waals surface area contributed by atoms with E-state index in [9.17, 15) is 0 Å². The summed E-state index contributed by atoms with van der Waals surface area (Å²) in [6.45, 7) is 2.81. The van der Waals surface area contributed by atoms with Crippen LogP contribution in [0, 0.1) is 0 Å². The Labute approximate surface area is 171 Å². The number of fused-ring (bicyclic) bond motifs is 1. The molecule has 1 aromatic heterocycles. The summed E-state index contributed by atoms with van der Waals surface area (Å²) in [6.07, 6.45) is 8.30. The van der Waals surface area contributed by atoms with Gasteiger partial charge in [-0.25, -0.2) is 0 Å². The van der Waals surface area contributed by atoms with Crippen LogP contribution in [0.1, 0.15) is 11.1 Å². The predicted molar refractivity (Wildman–Crippen MR) is 117 cm³/mol. The molecule has 0 unspecified atom stereocenters. The predicted octanol–water partition coefficient (Wildman–Crippen LogP) is 3.99. The highest BCUT2D eigenvalue weighted by molar-refractivity contribution is 5.86. The molecule has 148 valence electrons. The van der Waals surface area contributed by atoms with Gasteiger partial charge in [0.25, 0.3) is 0 Å². The summed E-state index contributed by atoms with van der Waals surface area (Å²) in [5, 5.41) is 0.988. The molecule has 0 atom stereocenters. The fraction of sp³-hybridized carbons (Fsp3) is 0.208. The number of hydrogen-bond donors (Lipinski definition) is 1. The lowest BCUT2D eigenvalue weighted by molar-refractivity contribution is 0.266. The zero-order valence-corrected chi connectivity index (χ0v) is 16.5. The standard InChI is InChI=1S/C24H25N3O2/c1-28-21-7-8-22-23(15-21)26-10-9-24(22)29-13-12-27-11-3-6-20(17-27)19-5-2-4-18(14-19)16-25/h2-10,14-15,17H,11-13,16,25H2,1H3. The smallest absolute Gasteiger partial charge is 0.130 e. The molecule has 3 aromatic rings. The SMILES string of the molecule is COc1ccc2c(OCCN3C=C(c4cccc(CN)c4)C=CC3)ccnc2c1. The van der Waals surface area contributed by atoms with Crippen LogP contribution >= 0.6 is 0 Å². The maximum atomic E-state index is 6.08. The molecule has 0 amide bonds. The number of ether oxygens (including phenoxy) is 2. The molecule has 5 heteroatoms. The van der Waals surface area contributed by atoms with Crippen molar-refractivity contribution in [1.29, 1.82) is 0 Å². The van der Waals surface area contributed by atoms with Gasteiger partial charge in [-0.2, -0.15) is 0 Å². The average molecular weight is 387 g/mol. The van der Waals surface area contributed by atoms with Crippen LogP contribution in [0.25, 0.3) is 16.5 Å². The van der Waals surface area contributed by atoms with Crippen molar-refractivity contribution in [3.05, 3.63) is 84.2 Å². The van der Waals surface area contributed by atoms with Crippen LogP contribution in [-0.2, 0) is 6.54 Å². The molecule has 0 radical (unpaired) electrons. The Morgan fingerprint density at radius 1 is 1.14 bits per heavy atom. The van der Waals surface area contributed by atoms with E-state index in [0.29, 0.717) is 13.2 Å². The van der Waals surface area contributed by atoms with Gasteiger partial charge in [-0.1, -0.05) is 30.4 Å². The highest BCUT2D eigenvalue weighted by atomic mass is 16.5. The van der Waals surface area contributed by atoms with E-state index in [-0.39, 0.29) is 0 Å². The highest BCUT2D eigenvalue weighted by Gasteiger charge is 2.09. The highest BCUT2D eigenvalue weighted by Crippen LogP contribution is 2.27. The fourth-order valence-corrected chi connectivity index (χ4v) is 3.44. The molecule has 0 aliphatic carbocycles. The van der Waals surface area contributed by atoms with Crippen LogP contribution in [0.4, 0.5) is 0 Å². The molecule has 2 heterocycles. The van der Waals surface area contributed by atoms with E-state index in [0.717, 1.165) is 41.1 Å². The minimum atomic E-state index is 0.550. The lowest BCUT2D eigenvalue weighted by Crippen LogP contribution is -2.25. The third-order valence-corrected chi connectivity index (χ3v) is 5.00. The van der Waals surface area contributed by atoms with Crippen LogP contribution in [-0.4, -0.2) is 36.7 Å². The van der Waals surface area contributed by atoms with Crippen molar-refractivity contribution in [2.45, 2.75) is 6.54 Å². The van der Waals surface area contributed by atoms with Crippen molar-refractivity contribution in [3.63, 3.8) is 0 Å². The minimum Gasteiger partial charge on any atom is -0.497 e. The molecule has 0 bridgehead atoms. The van der Waals surface area contributed by atoms with Crippen molar-refractivity contribution in [2.24, 2.45) is 5.73 Å². The van der Waals surface area contributed by atoms with E-state index in [1.807, 2.05) is 24.3 Å². The molecule has 0 saturated heterocycles. The number of benzene rings is 2. The largest absolute Gasteiger partial charge is 0.497 e. The summed E-state index contributed by atoms with van der Waals surface area (Å²) in [7, 11) is 1.66. The average Bonchev–Trinajstić information content (AvgIpc) is 2.79. The van der Waals surface area contributed by atoms with Gasteiger partial charge in [0.2, 0.25) is 0 Å². The molecular weight excluding hydrogens is 362 g/mol. The molecule has 29 heavy (non-hydrogen) atoms. The zero-order chi connectivity index (χ0) is 20.1. The topological polar surface area (TPSA) is 60.6 Å². The quantitative estimate of drug-likeness (QED) is 0.664. The fourth-order valence-electron chi connectivity index (χ4n) is 3.44. The number of nitrogens with zero attached hydrogens (tertiary/aromatic N) is 2. The molecule has 1 aliphatic rings. The van der Waals surface area contributed by atoms with Crippen molar-refractivity contribution in [2.75, 3.05) is 26.8 Å². The number of nitrogens with two attached hydrogens (primary N) is 1. The Morgan fingerprint density at radius 3 is 2.93 bits per heavy atom.